The number of rotatable bonds is 15. The number of carbonyl (C=O) groups is 2. The number of nitrogens with zero attached hydrogens (tertiary/aromatic N) is 1. The number of anilines is 1. The Morgan fingerprint density at radius 1 is 0.820 bits per heavy atom. The van der Waals surface area contributed by atoms with Crippen LogP contribution in [0.15, 0.2) is 109 Å². The quantitative estimate of drug-likeness (QED) is 0.0955. The van der Waals surface area contributed by atoms with E-state index in [0.717, 1.165) is 58.7 Å². The van der Waals surface area contributed by atoms with Crippen LogP contribution in [0.3, 0.4) is 0 Å². The molecule has 2 aliphatic rings. The zero-order valence-electron chi connectivity index (χ0n) is 28.9. The van der Waals surface area contributed by atoms with Crippen molar-refractivity contribution in [1.29, 1.82) is 0 Å². The van der Waals surface area contributed by atoms with Crippen molar-refractivity contribution in [3.05, 3.63) is 136 Å². The molecule has 1 aliphatic heterocycles. The first kappa shape index (κ1) is 34.4. The summed E-state index contributed by atoms with van der Waals surface area (Å²) in [7, 11) is 3.29. The number of nitrogens with one attached hydrogen (secondary N) is 1. The highest BCUT2D eigenvalue weighted by atomic mass is 16.5. The van der Waals surface area contributed by atoms with Gasteiger partial charge in [-0.15, -0.1) is 0 Å². The molecule has 4 aromatic carbocycles. The lowest BCUT2D eigenvalue weighted by molar-refractivity contribution is -0.134. The predicted molar refractivity (Wildman–Crippen MR) is 196 cm³/mol. The number of hydrogen-bond acceptors (Lipinski definition) is 7. The average molecular weight is 673 g/mol. The highest BCUT2D eigenvalue weighted by Crippen LogP contribution is 2.50. The zero-order valence-corrected chi connectivity index (χ0v) is 28.9. The molecular weight excluding hydrogens is 628 g/mol. The van der Waals surface area contributed by atoms with Gasteiger partial charge in [0.1, 0.15) is 18.0 Å². The van der Waals surface area contributed by atoms with Gasteiger partial charge in [-0.25, -0.2) is 0 Å². The number of hydrogen-bond donors (Lipinski definition) is 2. The van der Waals surface area contributed by atoms with E-state index in [1.165, 1.54) is 19.3 Å². The molecule has 0 radical (unpaired) electrons. The van der Waals surface area contributed by atoms with Gasteiger partial charge < -0.3 is 29.5 Å². The molecule has 0 spiro atoms. The summed E-state index contributed by atoms with van der Waals surface area (Å²) in [5.74, 6) is 1.16. The summed E-state index contributed by atoms with van der Waals surface area (Å²) < 4.78 is 18.0. The molecule has 0 saturated carbocycles. The van der Waals surface area contributed by atoms with Crippen LogP contribution >= 0.6 is 0 Å². The van der Waals surface area contributed by atoms with Gasteiger partial charge in [-0.1, -0.05) is 69.4 Å². The Labute approximate surface area is 294 Å². The lowest BCUT2D eigenvalue weighted by Gasteiger charge is -2.25. The van der Waals surface area contributed by atoms with Crippen LogP contribution in [-0.4, -0.2) is 49.1 Å². The van der Waals surface area contributed by atoms with Crippen LogP contribution in [0.4, 0.5) is 5.69 Å². The summed E-state index contributed by atoms with van der Waals surface area (Å²) in [6.45, 7) is 2.65. The van der Waals surface area contributed by atoms with Crippen molar-refractivity contribution in [2.75, 3.05) is 32.6 Å². The van der Waals surface area contributed by atoms with Gasteiger partial charge in [0, 0.05) is 34.8 Å². The van der Waals surface area contributed by atoms with Crippen LogP contribution in [-0.2, 0) is 9.53 Å². The molecule has 6 rings (SSSR count). The number of fused-ring (bicyclic) bond motifs is 1. The van der Waals surface area contributed by atoms with E-state index in [1.807, 2.05) is 84.9 Å². The van der Waals surface area contributed by atoms with Crippen molar-refractivity contribution in [1.82, 2.24) is 4.90 Å². The molecule has 0 saturated heterocycles. The molecule has 2 N–H and O–H groups in total. The highest BCUT2D eigenvalue weighted by Gasteiger charge is 2.44. The van der Waals surface area contributed by atoms with Gasteiger partial charge >= 0.3 is 5.97 Å². The van der Waals surface area contributed by atoms with Gasteiger partial charge in [-0.05, 0) is 84.3 Å². The number of methoxy groups -OCH3 is 2. The van der Waals surface area contributed by atoms with Crippen LogP contribution in [0.1, 0.15) is 84.0 Å². The van der Waals surface area contributed by atoms with Crippen molar-refractivity contribution in [3.8, 4) is 11.5 Å². The SMILES string of the molecule is CCCCCCCCN1C(=C2C(=O)c3ccc(NCC(=O)O)cc3C2c2ccccc2)OC(c2ccc(OC)cc2)=C1c1ccc(OC)cc1. The van der Waals surface area contributed by atoms with Crippen molar-refractivity contribution < 1.29 is 28.9 Å². The summed E-state index contributed by atoms with van der Waals surface area (Å²) in [4.78, 5) is 28.2. The number of unbranched alkanes of at least 4 members (excludes halogenated alkanes) is 5. The summed E-state index contributed by atoms with van der Waals surface area (Å²) >= 11 is 0. The molecule has 8 nitrogen and oxygen atoms in total. The second-order valence-electron chi connectivity index (χ2n) is 12.6. The Morgan fingerprint density at radius 2 is 1.46 bits per heavy atom. The minimum absolute atomic E-state index is 0.105. The average Bonchev–Trinajstić information content (AvgIpc) is 3.66. The molecule has 8 heteroatoms. The fourth-order valence-electron chi connectivity index (χ4n) is 6.80. The Hall–Kier alpha value is -5.50. The standard InChI is InChI=1S/C42H44N2O6/c1-4-5-6-7-8-12-25-44-39(29-15-20-32(48-2)21-16-29)41(30-17-22-33(49-3)23-18-30)50-42(44)38-37(28-13-10-9-11-14-28)35-26-31(43-27-36(45)46)19-24-34(35)40(38)47/h9-11,13-24,26,37,43H,4-8,12,25,27H2,1-3H3,(H,45,46). The van der Waals surface area contributed by atoms with Gasteiger partial charge in [0.2, 0.25) is 5.88 Å². The van der Waals surface area contributed by atoms with E-state index in [1.54, 1.807) is 26.4 Å². The number of Topliss-reactive ketones (excluding diaryl/α,β-unsaturated/α-hetero) is 1. The minimum atomic E-state index is -0.961. The molecule has 258 valence electrons. The number of benzene rings is 4. The van der Waals surface area contributed by atoms with E-state index in [4.69, 9.17) is 14.2 Å². The van der Waals surface area contributed by atoms with Crippen LogP contribution in [0, 0.1) is 0 Å². The van der Waals surface area contributed by atoms with E-state index in [-0.39, 0.29) is 12.3 Å². The Morgan fingerprint density at radius 3 is 2.10 bits per heavy atom. The van der Waals surface area contributed by atoms with E-state index in [2.05, 4.69) is 17.1 Å². The fraction of sp³-hybridized carbons (Fsp3) is 0.286. The van der Waals surface area contributed by atoms with Crippen LogP contribution in [0.2, 0.25) is 0 Å². The zero-order chi connectivity index (χ0) is 35.0. The van der Waals surface area contributed by atoms with Gasteiger partial charge in [-0.3, -0.25) is 9.59 Å². The number of ether oxygens (including phenoxy) is 3. The molecule has 1 heterocycles. The summed E-state index contributed by atoms with van der Waals surface area (Å²) in [5, 5.41) is 12.3. The van der Waals surface area contributed by atoms with Crippen LogP contribution in [0.25, 0.3) is 11.5 Å². The van der Waals surface area contributed by atoms with Gasteiger partial charge in [0.15, 0.2) is 11.5 Å². The number of allylic oxidation sites excluding steroid dienone is 1. The fourth-order valence-corrected chi connectivity index (χ4v) is 6.80. The first-order valence-corrected chi connectivity index (χ1v) is 17.3. The molecule has 0 fully saturated rings. The molecule has 0 bridgehead atoms. The van der Waals surface area contributed by atoms with Crippen molar-refractivity contribution >= 4 is 28.9 Å². The Bertz CT molecular complexity index is 1880. The van der Waals surface area contributed by atoms with E-state index >= 15 is 0 Å². The van der Waals surface area contributed by atoms with Crippen molar-refractivity contribution in [2.24, 2.45) is 0 Å². The second kappa shape index (κ2) is 15.8. The maximum atomic E-state index is 14.7. The molecule has 0 aromatic heterocycles. The largest absolute Gasteiger partial charge is 0.497 e. The van der Waals surface area contributed by atoms with E-state index < -0.39 is 11.9 Å². The summed E-state index contributed by atoms with van der Waals surface area (Å²) in [6.07, 6.45) is 6.71. The lowest BCUT2D eigenvalue weighted by atomic mass is 9.89. The topological polar surface area (TPSA) is 97.3 Å². The lowest BCUT2D eigenvalue weighted by Crippen LogP contribution is -2.23. The predicted octanol–water partition coefficient (Wildman–Crippen LogP) is 8.96. The molecular formula is C42H44N2O6. The van der Waals surface area contributed by atoms with Crippen LogP contribution < -0.4 is 14.8 Å². The molecule has 0 amide bonds. The third-order valence-electron chi connectivity index (χ3n) is 9.33. The number of carboxylic acid groups (broad SMARTS) is 1. The normalized spacial score (nSPS) is 16.7. The summed E-state index contributed by atoms with van der Waals surface area (Å²) in [5.41, 5.74) is 6.22. The van der Waals surface area contributed by atoms with Gasteiger partial charge in [0.05, 0.1) is 25.5 Å². The first-order chi connectivity index (χ1) is 24.4. The highest BCUT2D eigenvalue weighted by molar-refractivity contribution is 6.16. The molecule has 50 heavy (non-hydrogen) atoms. The summed E-state index contributed by atoms with van der Waals surface area (Å²) in [6, 6.07) is 31.1. The van der Waals surface area contributed by atoms with E-state index in [0.29, 0.717) is 35.0 Å². The third kappa shape index (κ3) is 7.25. The maximum absolute atomic E-state index is 14.7. The Kier molecular flexibility index (Phi) is 10.9. The molecule has 1 unspecified atom stereocenters. The number of carboxylic acids is 1. The number of carbonyl (C=O) groups excluding carboxylic acids is 1. The number of ketones is 1. The van der Waals surface area contributed by atoms with Gasteiger partial charge in [0.25, 0.3) is 0 Å². The Balaban J connectivity index is 1.53. The molecule has 4 aromatic rings. The molecule has 1 aliphatic carbocycles. The smallest absolute Gasteiger partial charge is 0.322 e. The second-order valence-corrected chi connectivity index (χ2v) is 12.6. The van der Waals surface area contributed by atoms with Crippen molar-refractivity contribution in [2.45, 2.75) is 51.4 Å². The maximum Gasteiger partial charge on any atom is 0.322 e. The monoisotopic (exact) mass is 672 g/mol. The minimum Gasteiger partial charge on any atom is -0.497 e. The first-order valence-electron chi connectivity index (χ1n) is 17.3. The van der Waals surface area contributed by atoms with Gasteiger partial charge in [-0.2, -0.15) is 0 Å². The van der Waals surface area contributed by atoms with Crippen molar-refractivity contribution in [3.63, 3.8) is 0 Å². The third-order valence-corrected chi connectivity index (χ3v) is 9.33. The van der Waals surface area contributed by atoms with E-state index in [9.17, 15) is 14.7 Å². The number of aliphatic carboxylic acids is 1. The van der Waals surface area contributed by atoms with Crippen LogP contribution in [0.5, 0.6) is 11.5 Å². The molecule has 1 atom stereocenters.